The van der Waals surface area contributed by atoms with Crippen molar-refractivity contribution in [2.75, 3.05) is 13.2 Å². The van der Waals surface area contributed by atoms with Crippen LogP contribution in [0.2, 0.25) is 0 Å². The largest absolute Gasteiger partial charge is 0.474 e. The summed E-state index contributed by atoms with van der Waals surface area (Å²) < 4.78 is 18.8. The van der Waals surface area contributed by atoms with Crippen LogP contribution >= 0.6 is 15.9 Å². The minimum atomic E-state index is -0.336. The standard InChI is InChI=1S/C17H18BrNO3/c18-13-1-2-15-12(11-13)5-8-19-16(15)22-14-3-6-17(7-4-14)20-9-10-21-17/h1-2,5,8,11,14H,3-4,6-7,9-10H2. The van der Waals surface area contributed by atoms with Gasteiger partial charge in [-0.1, -0.05) is 15.9 Å². The average Bonchev–Trinajstić information content (AvgIpc) is 2.98. The minimum Gasteiger partial charge on any atom is -0.474 e. The second-order valence-corrected chi connectivity index (χ2v) is 6.82. The molecular weight excluding hydrogens is 346 g/mol. The van der Waals surface area contributed by atoms with E-state index < -0.39 is 0 Å². The third kappa shape index (κ3) is 2.73. The molecule has 0 amide bonds. The number of halogens is 1. The van der Waals surface area contributed by atoms with Crippen LogP contribution in [0.4, 0.5) is 0 Å². The van der Waals surface area contributed by atoms with Crippen LogP contribution in [-0.2, 0) is 9.47 Å². The second kappa shape index (κ2) is 5.80. The lowest BCUT2D eigenvalue weighted by atomic mass is 9.92. The lowest BCUT2D eigenvalue weighted by Crippen LogP contribution is -2.38. The van der Waals surface area contributed by atoms with Crippen molar-refractivity contribution in [1.29, 1.82) is 0 Å². The van der Waals surface area contributed by atoms with Crippen molar-refractivity contribution in [2.45, 2.75) is 37.6 Å². The van der Waals surface area contributed by atoms with Gasteiger partial charge < -0.3 is 14.2 Å². The van der Waals surface area contributed by atoms with E-state index in [1.807, 2.05) is 12.1 Å². The van der Waals surface area contributed by atoms with E-state index in [4.69, 9.17) is 14.2 Å². The number of rotatable bonds is 2. The highest BCUT2D eigenvalue weighted by molar-refractivity contribution is 9.10. The molecule has 1 aromatic heterocycles. The molecule has 1 aromatic carbocycles. The molecule has 1 saturated carbocycles. The molecule has 0 N–H and O–H groups in total. The first-order valence-electron chi connectivity index (χ1n) is 7.73. The maximum Gasteiger partial charge on any atom is 0.221 e. The lowest BCUT2D eigenvalue weighted by molar-refractivity contribution is -0.186. The molecule has 116 valence electrons. The normalized spacial score (nSPS) is 21.5. The number of hydrogen-bond acceptors (Lipinski definition) is 4. The topological polar surface area (TPSA) is 40.6 Å². The van der Waals surface area contributed by atoms with Crippen molar-refractivity contribution in [3.8, 4) is 5.88 Å². The van der Waals surface area contributed by atoms with E-state index in [-0.39, 0.29) is 11.9 Å². The lowest BCUT2D eigenvalue weighted by Gasteiger charge is -2.35. The summed E-state index contributed by atoms with van der Waals surface area (Å²) in [5, 5.41) is 2.19. The third-order valence-corrected chi connectivity index (χ3v) is 4.97. The van der Waals surface area contributed by atoms with Crippen molar-refractivity contribution in [3.63, 3.8) is 0 Å². The number of fused-ring (bicyclic) bond motifs is 1. The molecule has 1 saturated heterocycles. The van der Waals surface area contributed by atoms with Crippen molar-refractivity contribution in [1.82, 2.24) is 4.98 Å². The van der Waals surface area contributed by atoms with Gasteiger partial charge in [0.05, 0.1) is 13.2 Å². The van der Waals surface area contributed by atoms with Gasteiger partial charge >= 0.3 is 0 Å². The summed E-state index contributed by atoms with van der Waals surface area (Å²) in [6.45, 7) is 1.43. The first-order valence-corrected chi connectivity index (χ1v) is 8.52. The van der Waals surface area contributed by atoms with Gasteiger partial charge in [-0.25, -0.2) is 4.98 Å². The Hall–Kier alpha value is -1.17. The zero-order valence-corrected chi connectivity index (χ0v) is 13.8. The maximum absolute atomic E-state index is 6.17. The van der Waals surface area contributed by atoms with E-state index in [1.54, 1.807) is 6.20 Å². The first-order chi connectivity index (χ1) is 10.7. The van der Waals surface area contributed by atoms with Gasteiger partial charge in [0.15, 0.2) is 5.79 Å². The van der Waals surface area contributed by atoms with Gasteiger partial charge in [-0.05, 0) is 42.5 Å². The molecule has 0 unspecified atom stereocenters. The molecule has 5 heteroatoms. The van der Waals surface area contributed by atoms with E-state index in [0.717, 1.165) is 46.8 Å². The summed E-state index contributed by atoms with van der Waals surface area (Å²) in [4.78, 5) is 4.42. The van der Waals surface area contributed by atoms with Crippen LogP contribution in [0.1, 0.15) is 25.7 Å². The van der Waals surface area contributed by atoms with Crippen LogP contribution in [0.25, 0.3) is 10.8 Å². The molecule has 22 heavy (non-hydrogen) atoms. The molecule has 2 aromatic rings. The smallest absolute Gasteiger partial charge is 0.221 e. The van der Waals surface area contributed by atoms with Gasteiger partial charge in [0.2, 0.25) is 5.88 Å². The van der Waals surface area contributed by atoms with E-state index >= 15 is 0 Å². The fourth-order valence-electron chi connectivity index (χ4n) is 3.31. The quantitative estimate of drug-likeness (QED) is 0.806. The molecule has 4 rings (SSSR count). The molecule has 1 aliphatic heterocycles. The second-order valence-electron chi connectivity index (χ2n) is 5.91. The van der Waals surface area contributed by atoms with Crippen LogP contribution in [0.3, 0.4) is 0 Å². The number of benzene rings is 1. The van der Waals surface area contributed by atoms with Crippen molar-refractivity contribution in [2.24, 2.45) is 0 Å². The van der Waals surface area contributed by atoms with E-state index in [1.165, 1.54) is 0 Å². The Labute approximate surface area is 137 Å². The Morgan fingerprint density at radius 3 is 2.68 bits per heavy atom. The zero-order valence-electron chi connectivity index (χ0n) is 12.3. The van der Waals surface area contributed by atoms with Gasteiger partial charge in [-0.3, -0.25) is 0 Å². The molecule has 2 aliphatic rings. The highest BCUT2D eigenvalue weighted by Crippen LogP contribution is 2.37. The summed E-state index contributed by atoms with van der Waals surface area (Å²) >= 11 is 3.50. The highest BCUT2D eigenvalue weighted by Gasteiger charge is 2.41. The molecular formula is C17H18BrNO3. The summed E-state index contributed by atoms with van der Waals surface area (Å²) in [5.41, 5.74) is 0. The first kappa shape index (κ1) is 14.4. The number of pyridine rings is 1. The fraction of sp³-hybridized carbons (Fsp3) is 0.471. The van der Waals surface area contributed by atoms with Gasteiger partial charge in [-0.15, -0.1) is 0 Å². The van der Waals surface area contributed by atoms with Crippen LogP contribution in [-0.4, -0.2) is 30.1 Å². The Balaban J connectivity index is 1.50. The van der Waals surface area contributed by atoms with Crippen molar-refractivity contribution >= 4 is 26.7 Å². The Morgan fingerprint density at radius 2 is 1.91 bits per heavy atom. The summed E-state index contributed by atoms with van der Waals surface area (Å²) in [6.07, 6.45) is 5.66. The molecule has 2 fully saturated rings. The fourth-order valence-corrected chi connectivity index (χ4v) is 3.69. The molecule has 0 radical (unpaired) electrons. The summed E-state index contributed by atoms with van der Waals surface area (Å²) in [6, 6.07) is 8.16. The van der Waals surface area contributed by atoms with Crippen LogP contribution in [0, 0.1) is 0 Å². The molecule has 0 atom stereocenters. The van der Waals surface area contributed by atoms with Crippen LogP contribution < -0.4 is 4.74 Å². The van der Waals surface area contributed by atoms with E-state index in [9.17, 15) is 0 Å². The monoisotopic (exact) mass is 363 g/mol. The predicted molar refractivity (Wildman–Crippen MR) is 87.0 cm³/mol. The predicted octanol–water partition coefficient (Wildman–Crippen LogP) is 4.06. The van der Waals surface area contributed by atoms with Crippen LogP contribution in [0.15, 0.2) is 34.9 Å². The molecule has 2 heterocycles. The van der Waals surface area contributed by atoms with Crippen LogP contribution in [0.5, 0.6) is 5.88 Å². The zero-order chi connectivity index (χ0) is 15.0. The third-order valence-electron chi connectivity index (χ3n) is 4.48. The number of hydrogen-bond donors (Lipinski definition) is 0. The molecule has 0 bridgehead atoms. The Kier molecular flexibility index (Phi) is 3.80. The number of nitrogens with zero attached hydrogens (tertiary/aromatic N) is 1. The molecule has 1 aliphatic carbocycles. The molecule has 4 nitrogen and oxygen atoms in total. The summed E-state index contributed by atoms with van der Waals surface area (Å²) in [7, 11) is 0. The number of aromatic nitrogens is 1. The van der Waals surface area contributed by atoms with Gasteiger partial charge in [0.1, 0.15) is 6.10 Å². The van der Waals surface area contributed by atoms with Crippen molar-refractivity contribution in [3.05, 3.63) is 34.9 Å². The number of ether oxygens (including phenoxy) is 3. The summed E-state index contributed by atoms with van der Waals surface area (Å²) in [5.74, 6) is 0.385. The van der Waals surface area contributed by atoms with E-state index in [0.29, 0.717) is 13.2 Å². The van der Waals surface area contributed by atoms with E-state index in [2.05, 4.69) is 33.0 Å². The highest BCUT2D eigenvalue weighted by atomic mass is 79.9. The van der Waals surface area contributed by atoms with Crippen molar-refractivity contribution < 1.29 is 14.2 Å². The van der Waals surface area contributed by atoms with Gasteiger partial charge in [0.25, 0.3) is 0 Å². The average molecular weight is 364 g/mol. The van der Waals surface area contributed by atoms with Gasteiger partial charge in [-0.2, -0.15) is 0 Å². The molecule has 1 spiro atoms. The SMILES string of the molecule is Brc1ccc2c(OC3CCC4(CC3)OCCO4)nccc2c1. The Morgan fingerprint density at radius 1 is 1.14 bits per heavy atom. The van der Waals surface area contributed by atoms with Gasteiger partial charge in [0, 0.05) is 28.9 Å². The minimum absolute atomic E-state index is 0.181. The Bertz CT molecular complexity index is 675. The maximum atomic E-state index is 6.17.